The first-order chi connectivity index (χ1) is 14.4. The Balaban J connectivity index is 1.54. The van der Waals surface area contributed by atoms with Gasteiger partial charge in [-0.15, -0.1) is 0 Å². The molecule has 0 aliphatic carbocycles. The van der Waals surface area contributed by atoms with Crippen molar-refractivity contribution in [2.75, 3.05) is 16.8 Å². The second-order valence-electron chi connectivity index (χ2n) is 7.99. The number of nitrogens with one attached hydrogen (secondary N) is 2. The Bertz CT molecular complexity index is 922. The average Bonchev–Trinajstić information content (AvgIpc) is 3.14. The fourth-order valence-corrected chi connectivity index (χ4v) is 3.40. The predicted molar refractivity (Wildman–Crippen MR) is 118 cm³/mol. The van der Waals surface area contributed by atoms with Crippen LogP contribution in [-0.4, -0.2) is 24.3 Å². The largest absolute Gasteiger partial charge is 0.352 e. The van der Waals surface area contributed by atoms with Gasteiger partial charge in [-0.25, -0.2) is 0 Å². The first-order valence-electron chi connectivity index (χ1n) is 10.4. The van der Waals surface area contributed by atoms with Crippen molar-refractivity contribution in [2.45, 2.75) is 40.2 Å². The molecule has 30 heavy (non-hydrogen) atoms. The van der Waals surface area contributed by atoms with E-state index in [1.165, 1.54) is 5.56 Å². The third kappa shape index (κ3) is 5.26. The van der Waals surface area contributed by atoms with Crippen molar-refractivity contribution in [2.24, 2.45) is 11.8 Å². The average molecular weight is 408 g/mol. The van der Waals surface area contributed by atoms with Gasteiger partial charge in [-0.3, -0.25) is 14.4 Å². The van der Waals surface area contributed by atoms with Crippen LogP contribution < -0.4 is 15.5 Å². The van der Waals surface area contributed by atoms with Gasteiger partial charge in [0.1, 0.15) is 0 Å². The van der Waals surface area contributed by atoms with E-state index in [2.05, 4.69) is 17.6 Å². The van der Waals surface area contributed by atoms with Crippen molar-refractivity contribution in [3.63, 3.8) is 0 Å². The van der Waals surface area contributed by atoms with E-state index in [-0.39, 0.29) is 36.0 Å². The van der Waals surface area contributed by atoms with Crippen molar-refractivity contribution in [3.8, 4) is 0 Å². The molecule has 1 saturated heterocycles. The predicted octanol–water partition coefficient (Wildman–Crippen LogP) is 3.51. The lowest BCUT2D eigenvalue weighted by molar-refractivity contribution is -0.126. The van der Waals surface area contributed by atoms with E-state index < -0.39 is 0 Å². The van der Waals surface area contributed by atoms with Gasteiger partial charge in [0.05, 0.1) is 5.92 Å². The highest BCUT2D eigenvalue weighted by atomic mass is 16.2. The van der Waals surface area contributed by atoms with E-state index in [9.17, 15) is 14.4 Å². The van der Waals surface area contributed by atoms with Gasteiger partial charge in [-0.05, 0) is 41.8 Å². The van der Waals surface area contributed by atoms with E-state index in [0.29, 0.717) is 13.1 Å². The zero-order chi connectivity index (χ0) is 21.7. The molecule has 1 aliphatic rings. The molecule has 3 amide bonds. The minimum atomic E-state index is -0.354. The van der Waals surface area contributed by atoms with Crippen LogP contribution in [0.3, 0.4) is 0 Å². The number of amides is 3. The Morgan fingerprint density at radius 3 is 2.50 bits per heavy atom. The van der Waals surface area contributed by atoms with Gasteiger partial charge < -0.3 is 15.5 Å². The second-order valence-corrected chi connectivity index (χ2v) is 7.99. The lowest BCUT2D eigenvalue weighted by Gasteiger charge is -2.17. The Hall–Kier alpha value is -3.15. The standard InChI is InChI=1S/C24H29N3O3/c1-4-17-6-5-7-21(12-17)27-15-19(13-22(27)28)24(30)25-14-18-8-10-20(11-9-18)26-23(29)16(2)3/h5-12,16,19H,4,13-15H2,1-3H3,(H,25,30)(H,26,29)/t19-/m0/s1. The topological polar surface area (TPSA) is 78.5 Å². The number of benzene rings is 2. The number of carbonyl (C=O) groups excluding carboxylic acids is 3. The van der Waals surface area contributed by atoms with E-state index >= 15 is 0 Å². The molecule has 1 heterocycles. The molecule has 2 aromatic carbocycles. The summed E-state index contributed by atoms with van der Waals surface area (Å²) < 4.78 is 0. The van der Waals surface area contributed by atoms with Crippen molar-refractivity contribution in [1.29, 1.82) is 0 Å². The zero-order valence-corrected chi connectivity index (χ0v) is 17.8. The normalized spacial score (nSPS) is 16.1. The summed E-state index contributed by atoms with van der Waals surface area (Å²) in [5, 5.41) is 5.77. The molecular formula is C24H29N3O3. The molecule has 2 aromatic rings. The molecule has 6 nitrogen and oxygen atoms in total. The highest BCUT2D eigenvalue weighted by Crippen LogP contribution is 2.26. The summed E-state index contributed by atoms with van der Waals surface area (Å²) in [4.78, 5) is 38.5. The minimum absolute atomic E-state index is 0.0198. The van der Waals surface area contributed by atoms with Gasteiger partial charge in [0.15, 0.2) is 0 Å². The molecule has 0 bridgehead atoms. The highest BCUT2D eigenvalue weighted by Gasteiger charge is 2.35. The lowest BCUT2D eigenvalue weighted by Crippen LogP contribution is -2.32. The van der Waals surface area contributed by atoms with E-state index in [0.717, 1.165) is 23.4 Å². The number of rotatable bonds is 7. The molecular weight excluding hydrogens is 378 g/mol. The van der Waals surface area contributed by atoms with Crippen LogP contribution in [0.2, 0.25) is 0 Å². The summed E-state index contributed by atoms with van der Waals surface area (Å²) in [6.45, 7) is 6.54. The summed E-state index contributed by atoms with van der Waals surface area (Å²) in [6, 6.07) is 15.3. The molecule has 158 valence electrons. The summed E-state index contributed by atoms with van der Waals surface area (Å²) >= 11 is 0. The third-order valence-electron chi connectivity index (χ3n) is 5.34. The quantitative estimate of drug-likeness (QED) is 0.737. The number of hydrogen-bond donors (Lipinski definition) is 2. The Kier molecular flexibility index (Phi) is 6.87. The smallest absolute Gasteiger partial charge is 0.227 e. The van der Waals surface area contributed by atoms with Crippen molar-refractivity contribution in [1.82, 2.24) is 5.32 Å². The second kappa shape index (κ2) is 9.57. The monoisotopic (exact) mass is 407 g/mol. The van der Waals surface area contributed by atoms with Gasteiger partial charge in [0.25, 0.3) is 0 Å². The van der Waals surface area contributed by atoms with Gasteiger partial charge in [0.2, 0.25) is 17.7 Å². The van der Waals surface area contributed by atoms with E-state index in [1.807, 2.05) is 62.4 Å². The van der Waals surface area contributed by atoms with Crippen LogP contribution in [0.1, 0.15) is 38.3 Å². The van der Waals surface area contributed by atoms with Crippen LogP contribution in [0.15, 0.2) is 48.5 Å². The minimum Gasteiger partial charge on any atom is -0.352 e. The molecule has 3 rings (SSSR count). The number of aryl methyl sites for hydroxylation is 1. The van der Waals surface area contributed by atoms with Crippen LogP contribution in [0, 0.1) is 11.8 Å². The van der Waals surface area contributed by atoms with Gasteiger partial charge in [0, 0.05) is 36.8 Å². The van der Waals surface area contributed by atoms with Crippen molar-refractivity contribution < 1.29 is 14.4 Å². The SMILES string of the molecule is CCc1cccc(N2C[C@@H](C(=O)NCc3ccc(NC(=O)C(C)C)cc3)CC2=O)c1. The molecule has 1 aliphatic heterocycles. The van der Waals surface area contributed by atoms with Crippen LogP contribution in [-0.2, 0) is 27.3 Å². The Labute approximate surface area is 177 Å². The third-order valence-corrected chi connectivity index (χ3v) is 5.34. The van der Waals surface area contributed by atoms with Crippen molar-refractivity contribution in [3.05, 3.63) is 59.7 Å². The van der Waals surface area contributed by atoms with Crippen LogP contribution in [0.4, 0.5) is 11.4 Å². The van der Waals surface area contributed by atoms with Gasteiger partial charge in [-0.2, -0.15) is 0 Å². The maximum absolute atomic E-state index is 12.6. The molecule has 1 fully saturated rings. The molecule has 6 heteroatoms. The molecule has 0 spiro atoms. The number of nitrogens with zero attached hydrogens (tertiary/aromatic N) is 1. The molecule has 0 unspecified atom stereocenters. The maximum Gasteiger partial charge on any atom is 0.227 e. The van der Waals surface area contributed by atoms with E-state index in [1.54, 1.807) is 4.90 Å². The van der Waals surface area contributed by atoms with Crippen LogP contribution in [0.5, 0.6) is 0 Å². The molecule has 2 N–H and O–H groups in total. The number of hydrogen-bond acceptors (Lipinski definition) is 3. The fourth-order valence-electron chi connectivity index (χ4n) is 3.40. The fraction of sp³-hybridized carbons (Fsp3) is 0.375. The molecule has 0 radical (unpaired) electrons. The lowest BCUT2D eigenvalue weighted by atomic mass is 10.1. The molecule has 1 atom stereocenters. The molecule has 0 saturated carbocycles. The first kappa shape index (κ1) is 21.6. The highest BCUT2D eigenvalue weighted by molar-refractivity contribution is 6.00. The van der Waals surface area contributed by atoms with Crippen LogP contribution in [0.25, 0.3) is 0 Å². The number of carbonyl (C=O) groups is 3. The van der Waals surface area contributed by atoms with E-state index in [4.69, 9.17) is 0 Å². The summed E-state index contributed by atoms with van der Waals surface area (Å²) in [7, 11) is 0. The van der Waals surface area contributed by atoms with Crippen molar-refractivity contribution >= 4 is 29.1 Å². The summed E-state index contributed by atoms with van der Waals surface area (Å²) in [5.74, 6) is -0.603. The summed E-state index contributed by atoms with van der Waals surface area (Å²) in [5.41, 5.74) is 3.69. The Morgan fingerprint density at radius 1 is 1.10 bits per heavy atom. The summed E-state index contributed by atoms with van der Waals surface area (Å²) in [6.07, 6.45) is 1.13. The maximum atomic E-state index is 12.6. The van der Waals surface area contributed by atoms with Gasteiger partial charge in [-0.1, -0.05) is 45.0 Å². The Morgan fingerprint density at radius 2 is 1.83 bits per heavy atom. The van der Waals surface area contributed by atoms with Crippen LogP contribution >= 0.6 is 0 Å². The number of anilines is 2. The van der Waals surface area contributed by atoms with Gasteiger partial charge >= 0.3 is 0 Å². The zero-order valence-electron chi connectivity index (χ0n) is 17.8. The first-order valence-corrected chi connectivity index (χ1v) is 10.4. The molecule has 0 aromatic heterocycles.